The first-order valence-electron chi connectivity index (χ1n) is 6.59. The van der Waals surface area contributed by atoms with Gasteiger partial charge in [-0.05, 0) is 60.5 Å². The highest BCUT2D eigenvalue weighted by Crippen LogP contribution is 2.14. The molecule has 2 rings (SSSR count). The zero-order valence-electron chi connectivity index (χ0n) is 11.4. The molecule has 0 saturated heterocycles. The molecular weight excluding hydrogens is 248 g/mol. The Morgan fingerprint density at radius 1 is 1.10 bits per heavy atom. The molecule has 0 aromatic heterocycles. The van der Waals surface area contributed by atoms with Crippen LogP contribution in [0.5, 0.6) is 5.75 Å². The Kier molecular flexibility index (Phi) is 4.91. The summed E-state index contributed by atoms with van der Waals surface area (Å²) in [5.41, 5.74) is 2.48. The Labute approximate surface area is 119 Å². The molecule has 0 aliphatic heterocycles. The zero-order valence-corrected chi connectivity index (χ0v) is 11.4. The SMILES string of the molecule is CCCOc1ccc(/C=N/c2ccc(C#N)cc2)cc1. The van der Waals surface area contributed by atoms with E-state index in [0.717, 1.165) is 30.0 Å². The second-order valence-electron chi connectivity index (χ2n) is 4.33. The summed E-state index contributed by atoms with van der Waals surface area (Å²) < 4.78 is 5.52. The van der Waals surface area contributed by atoms with Crippen molar-refractivity contribution in [2.75, 3.05) is 6.61 Å². The van der Waals surface area contributed by atoms with Crippen LogP contribution in [-0.4, -0.2) is 12.8 Å². The summed E-state index contributed by atoms with van der Waals surface area (Å²) in [5, 5.41) is 8.72. The van der Waals surface area contributed by atoms with Gasteiger partial charge in [-0.15, -0.1) is 0 Å². The van der Waals surface area contributed by atoms with Gasteiger partial charge in [-0.1, -0.05) is 6.92 Å². The predicted octanol–water partition coefficient (Wildman–Crippen LogP) is 4.10. The summed E-state index contributed by atoms with van der Waals surface area (Å²) in [4.78, 5) is 4.37. The van der Waals surface area contributed by atoms with Gasteiger partial charge in [0.25, 0.3) is 0 Å². The van der Waals surface area contributed by atoms with Crippen LogP contribution in [0, 0.1) is 11.3 Å². The number of ether oxygens (including phenoxy) is 1. The smallest absolute Gasteiger partial charge is 0.119 e. The van der Waals surface area contributed by atoms with Crippen LogP contribution in [0.4, 0.5) is 5.69 Å². The fourth-order valence-electron chi connectivity index (χ4n) is 1.64. The Hall–Kier alpha value is -2.60. The number of nitrogens with zero attached hydrogens (tertiary/aromatic N) is 2. The number of benzene rings is 2. The molecule has 3 nitrogen and oxygen atoms in total. The van der Waals surface area contributed by atoms with E-state index >= 15 is 0 Å². The van der Waals surface area contributed by atoms with Crippen molar-refractivity contribution in [3.8, 4) is 11.8 Å². The van der Waals surface area contributed by atoms with Gasteiger partial charge in [-0.25, -0.2) is 0 Å². The van der Waals surface area contributed by atoms with Gasteiger partial charge in [0.2, 0.25) is 0 Å². The van der Waals surface area contributed by atoms with Crippen molar-refractivity contribution in [2.45, 2.75) is 13.3 Å². The third kappa shape index (κ3) is 3.96. The summed E-state index contributed by atoms with van der Waals surface area (Å²) in [5.74, 6) is 0.877. The van der Waals surface area contributed by atoms with Crippen molar-refractivity contribution >= 4 is 11.9 Å². The molecule has 0 aliphatic rings. The second-order valence-corrected chi connectivity index (χ2v) is 4.33. The third-order valence-corrected chi connectivity index (χ3v) is 2.71. The van der Waals surface area contributed by atoms with E-state index in [1.807, 2.05) is 36.4 Å². The largest absolute Gasteiger partial charge is 0.494 e. The number of hydrogen-bond acceptors (Lipinski definition) is 3. The number of nitriles is 1. The molecule has 0 heterocycles. The minimum atomic E-state index is 0.640. The molecule has 0 radical (unpaired) electrons. The molecule has 0 bridgehead atoms. The van der Waals surface area contributed by atoms with E-state index < -0.39 is 0 Å². The lowest BCUT2D eigenvalue weighted by molar-refractivity contribution is 0.317. The lowest BCUT2D eigenvalue weighted by Gasteiger charge is -2.03. The summed E-state index contributed by atoms with van der Waals surface area (Å²) in [6.45, 7) is 2.82. The molecule has 100 valence electrons. The fraction of sp³-hybridized carbons (Fsp3) is 0.176. The predicted molar refractivity (Wildman–Crippen MR) is 80.6 cm³/mol. The molecule has 0 unspecified atom stereocenters. The van der Waals surface area contributed by atoms with E-state index in [1.54, 1.807) is 18.3 Å². The lowest BCUT2D eigenvalue weighted by atomic mass is 10.2. The first-order valence-corrected chi connectivity index (χ1v) is 6.59. The Morgan fingerprint density at radius 2 is 1.80 bits per heavy atom. The fourth-order valence-corrected chi connectivity index (χ4v) is 1.64. The Balaban J connectivity index is 2.01. The monoisotopic (exact) mass is 264 g/mol. The van der Waals surface area contributed by atoms with Crippen LogP contribution in [0.1, 0.15) is 24.5 Å². The van der Waals surface area contributed by atoms with E-state index in [2.05, 4.69) is 18.0 Å². The molecule has 20 heavy (non-hydrogen) atoms. The van der Waals surface area contributed by atoms with Crippen molar-refractivity contribution in [3.05, 3.63) is 59.7 Å². The van der Waals surface area contributed by atoms with Crippen molar-refractivity contribution in [1.82, 2.24) is 0 Å². The molecule has 0 amide bonds. The highest BCUT2D eigenvalue weighted by atomic mass is 16.5. The molecule has 2 aromatic carbocycles. The van der Waals surface area contributed by atoms with Gasteiger partial charge in [0.05, 0.1) is 23.9 Å². The maximum atomic E-state index is 8.72. The highest BCUT2D eigenvalue weighted by molar-refractivity contribution is 5.82. The Bertz CT molecular complexity index is 607. The second kappa shape index (κ2) is 7.10. The summed E-state index contributed by atoms with van der Waals surface area (Å²) in [6, 6.07) is 17.1. The summed E-state index contributed by atoms with van der Waals surface area (Å²) in [6.07, 6.45) is 2.80. The maximum Gasteiger partial charge on any atom is 0.119 e. The average Bonchev–Trinajstić information content (AvgIpc) is 2.52. The number of aliphatic imine (C=N–C) groups is 1. The van der Waals surface area contributed by atoms with Crippen molar-refractivity contribution in [3.63, 3.8) is 0 Å². The van der Waals surface area contributed by atoms with Gasteiger partial charge in [-0.3, -0.25) is 4.99 Å². The normalized spacial score (nSPS) is 10.4. The average molecular weight is 264 g/mol. The van der Waals surface area contributed by atoms with Crippen LogP contribution in [-0.2, 0) is 0 Å². The van der Waals surface area contributed by atoms with Gasteiger partial charge in [0.15, 0.2) is 0 Å². The van der Waals surface area contributed by atoms with Crippen molar-refractivity contribution in [1.29, 1.82) is 5.26 Å². The van der Waals surface area contributed by atoms with Crippen LogP contribution in [0.3, 0.4) is 0 Å². The Morgan fingerprint density at radius 3 is 2.40 bits per heavy atom. The number of hydrogen-bond donors (Lipinski definition) is 0. The van der Waals surface area contributed by atoms with Gasteiger partial charge in [-0.2, -0.15) is 5.26 Å². The van der Waals surface area contributed by atoms with Crippen LogP contribution < -0.4 is 4.74 Å². The third-order valence-electron chi connectivity index (χ3n) is 2.71. The summed E-state index contributed by atoms with van der Waals surface area (Å²) in [7, 11) is 0. The maximum absolute atomic E-state index is 8.72. The van der Waals surface area contributed by atoms with E-state index in [0.29, 0.717) is 5.56 Å². The van der Waals surface area contributed by atoms with E-state index in [9.17, 15) is 0 Å². The molecule has 0 spiro atoms. The molecule has 0 fully saturated rings. The molecule has 3 heteroatoms. The molecule has 0 atom stereocenters. The molecule has 0 aliphatic carbocycles. The zero-order chi connectivity index (χ0) is 14.2. The van der Waals surface area contributed by atoms with Crippen LogP contribution >= 0.6 is 0 Å². The molecule has 0 saturated carbocycles. The van der Waals surface area contributed by atoms with E-state index in [4.69, 9.17) is 10.00 Å². The van der Waals surface area contributed by atoms with E-state index in [-0.39, 0.29) is 0 Å². The highest BCUT2D eigenvalue weighted by Gasteiger charge is 1.94. The standard InChI is InChI=1S/C17H16N2O/c1-2-11-20-17-9-5-15(6-10-17)13-19-16-7-3-14(12-18)4-8-16/h3-10,13H,2,11H2,1H3/b19-13+. The lowest BCUT2D eigenvalue weighted by Crippen LogP contribution is -1.94. The molecular formula is C17H16N2O. The minimum absolute atomic E-state index is 0.640. The van der Waals surface area contributed by atoms with E-state index in [1.165, 1.54) is 0 Å². The number of rotatable bonds is 5. The molecule has 2 aromatic rings. The van der Waals surface area contributed by atoms with Crippen LogP contribution in [0.25, 0.3) is 0 Å². The summed E-state index contributed by atoms with van der Waals surface area (Å²) >= 11 is 0. The first-order chi connectivity index (χ1) is 9.81. The first kappa shape index (κ1) is 13.8. The minimum Gasteiger partial charge on any atom is -0.494 e. The molecule has 0 N–H and O–H groups in total. The van der Waals surface area contributed by atoms with Gasteiger partial charge >= 0.3 is 0 Å². The van der Waals surface area contributed by atoms with Gasteiger partial charge < -0.3 is 4.74 Å². The topological polar surface area (TPSA) is 45.4 Å². The van der Waals surface area contributed by atoms with Gasteiger partial charge in [0, 0.05) is 6.21 Å². The quantitative estimate of drug-likeness (QED) is 0.763. The van der Waals surface area contributed by atoms with Gasteiger partial charge in [0.1, 0.15) is 5.75 Å². The van der Waals surface area contributed by atoms with Crippen molar-refractivity contribution < 1.29 is 4.74 Å². The van der Waals surface area contributed by atoms with Crippen molar-refractivity contribution in [2.24, 2.45) is 4.99 Å². The van der Waals surface area contributed by atoms with Crippen LogP contribution in [0.2, 0.25) is 0 Å². The van der Waals surface area contributed by atoms with Crippen LogP contribution in [0.15, 0.2) is 53.5 Å².